The largest absolute Gasteiger partial charge is 0.487 e. The Hall–Kier alpha value is -1.27. The number of nitrogens with one attached hydrogen (secondary N) is 1. The first-order chi connectivity index (χ1) is 10.2. The van der Waals surface area contributed by atoms with Crippen molar-refractivity contribution in [3.8, 4) is 5.75 Å². The van der Waals surface area contributed by atoms with E-state index < -0.39 is 0 Å². The van der Waals surface area contributed by atoms with Gasteiger partial charge in [-0.25, -0.2) is 0 Å². The van der Waals surface area contributed by atoms with Crippen LogP contribution in [0.25, 0.3) is 0 Å². The fourth-order valence-corrected chi connectivity index (χ4v) is 2.58. The van der Waals surface area contributed by atoms with E-state index in [1.165, 1.54) is 12.8 Å². The van der Waals surface area contributed by atoms with Crippen molar-refractivity contribution in [3.63, 3.8) is 0 Å². The molecule has 1 aromatic rings. The normalized spacial score (nSPS) is 14.1. The third kappa shape index (κ3) is 5.55. The summed E-state index contributed by atoms with van der Waals surface area (Å²) >= 11 is 1.85. The lowest BCUT2D eigenvalue weighted by Crippen LogP contribution is -2.15. The molecule has 0 amide bonds. The molecule has 5 nitrogen and oxygen atoms in total. The highest BCUT2D eigenvalue weighted by Gasteiger charge is 2.21. The number of thioether (sulfide) groups is 1. The summed E-state index contributed by atoms with van der Waals surface area (Å²) in [5.74, 6) is 2.49. The van der Waals surface area contributed by atoms with Gasteiger partial charge in [0.1, 0.15) is 0 Å². The minimum Gasteiger partial charge on any atom is -0.487 e. The Bertz CT molecular complexity index is 478. The fraction of sp³-hybridized carbons (Fsp3) is 0.600. The summed E-state index contributed by atoms with van der Waals surface area (Å²) < 4.78 is 5.63. The number of nitro groups is 1. The Morgan fingerprint density at radius 3 is 2.95 bits per heavy atom. The molecule has 1 saturated carbocycles. The van der Waals surface area contributed by atoms with E-state index >= 15 is 0 Å². The zero-order valence-corrected chi connectivity index (χ0v) is 13.2. The number of hydrogen-bond donors (Lipinski definition) is 1. The van der Waals surface area contributed by atoms with Gasteiger partial charge in [0.2, 0.25) is 0 Å². The van der Waals surface area contributed by atoms with Crippen LogP contribution in [0.4, 0.5) is 5.69 Å². The van der Waals surface area contributed by atoms with Crippen LogP contribution in [-0.2, 0) is 6.54 Å². The lowest BCUT2D eigenvalue weighted by atomic mass is 10.2. The fourth-order valence-electron chi connectivity index (χ4n) is 1.97. The highest BCUT2D eigenvalue weighted by molar-refractivity contribution is 7.99. The summed E-state index contributed by atoms with van der Waals surface area (Å²) in [6.07, 6.45) is 3.36. The van der Waals surface area contributed by atoms with Crippen LogP contribution in [-0.4, -0.2) is 29.1 Å². The standard InChI is InChI=1S/C15H22N2O3S/c1-2-21-9-3-8-20-15-10-12(11-16-13-5-6-13)4-7-14(15)17(18)19/h4,7,10,13,16H,2-3,5-6,8-9,11H2,1H3. The molecule has 0 heterocycles. The molecule has 1 fully saturated rings. The average Bonchev–Trinajstić information content (AvgIpc) is 3.29. The van der Waals surface area contributed by atoms with Crippen LogP contribution >= 0.6 is 11.8 Å². The van der Waals surface area contributed by atoms with Crippen LogP contribution in [0.1, 0.15) is 31.7 Å². The molecule has 0 radical (unpaired) electrons. The maximum atomic E-state index is 11.1. The summed E-state index contributed by atoms with van der Waals surface area (Å²) in [5.41, 5.74) is 1.08. The molecule has 0 aromatic heterocycles. The molecule has 1 aliphatic carbocycles. The summed E-state index contributed by atoms with van der Waals surface area (Å²) in [6, 6.07) is 5.75. The van der Waals surface area contributed by atoms with Crippen molar-refractivity contribution in [1.82, 2.24) is 5.32 Å². The van der Waals surface area contributed by atoms with Crippen LogP contribution in [0.3, 0.4) is 0 Å². The van der Waals surface area contributed by atoms with Crippen molar-refractivity contribution in [2.24, 2.45) is 0 Å². The smallest absolute Gasteiger partial charge is 0.310 e. The SMILES string of the molecule is CCSCCCOc1cc(CNC2CC2)ccc1[N+](=O)[O-]. The zero-order valence-electron chi connectivity index (χ0n) is 12.3. The van der Waals surface area contributed by atoms with Crippen molar-refractivity contribution in [2.75, 3.05) is 18.1 Å². The minimum atomic E-state index is -0.381. The van der Waals surface area contributed by atoms with Crippen LogP contribution in [0.5, 0.6) is 5.75 Å². The van der Waals surface area contributed by atoms with Gasteiger partial charge in [0, 0.05) is 18.7 Å². The van der Waals surface area contributed by atoms with Crippen LogP contribution < -0.4 is 10.1 Å². The number of rotatable bonds is 10. The van der Waals surface area contributed by atoms with Gasteiger partial charge in [-0.1, -0.05) is 13.0 Å². The first-order valence-electron chi connectivity index (χ1n) is 7.42. The summed E-state index contributed by atoms with van der Waals surface area (Å²) in [4.78, 5) is 10.7. The summed E-state index contributed by atoms with van der Waals surface area (Å²) in [5, 5.41) is 14.5. The molecule has 0 saturated heterocycles. The molecule has 0 atom stereocenters. The Balaban J connectivity index is 1.92. The van der Waals surface area contributed by atoms with Gasteiger partial charge in [-0.3, -0.25) is 10.1 Å². The maximum absolute atomic E-state index is 11.1. The molecule has 1 N–H and O–H groups in total. The molecular weight excluding hydrogens is 288 g/mol. The van der Waals surface area contributed by atoms with Crippen LogP contribution in [0.15, 0.2) is 18.2 Å². The second kappa shape index (κ2) is 8.24. The molecule has 0 unspecified atom stereocenters. The lowest BCUT2D eigenvalue weighted by Gasteiger charge is -2.09. The number of ether oxygens (including phenoxy) is 1. The predicted octanol–water partition coefficient (Wildman–Crippen LogP) is 3.37. The summed E-state index contributed by atoms with van der Waals surface area (Å²) in [7, 11) is 0. The van der Waals surface area contributed by atoms with Gasteiger partial charge in [0.05, 0.1) is 11.5 Å². The maximum Gasteiger partial charge on any atom is 0.310 e. The van der Waals surface area contributed by atoms with E-state index in [1.807, 2.05) is 11.8 Å². The van der Waals surface area contributed by atoms with Crippen molar-refractivity contribution >= 4 is 17.4 Å². The topological polar surface area (TPSA) is 64.4 Å². The third-order valence-electron chi connectivity index (χ3n) is 3.29. The number of nitrogens with zero attached hydrogens (tertiary/aromatic N) is 1. The highest BCUT2D eigenvalue weighted by Crippen LogP contribution is 2.29. The first-order valence-corrected chi connectivity index (χ1v) is 8.57. The predicted molar refractivity (Wildman–Crippen MR) is 86.1 cm³/mol. The molecule has 116 valence electrons. The van der Waals surface area contributed by atoms with E-state index in [-0.39, 0.29) is 10.6 Å². The Kier molecular flexibility index (Phi) is 6.32. The van der Waals surface area contributed by atoms with Gasteiger partial charge in [0.25, 0.3) is 0 Å². The van der Waals surface area contributed by atoms with Crippen LogP contribution in [0, 0.1) is 10.1 Å². The van der Waals surface area contributed by atoms with Crippen molar-refractivity contribution in [2.45, 2.75) is 38.8 Å². The van der Waals surface area contributed by atoms with E-state index in [0.717, 1.165) is 30.0 Å². The van der Waals surface area contributed by atoms with Gasteiger partial charge in [-0.2, -0.15) is 11.8 Å². The molecule has 0 aliphatic heterocycles. The number of benzene rings is 1. The molecule has 21 heavy (non-hydrogen) atoms. The van der Waals surface area contributed by atoms with E-state index in [9.17, 15) is 10.1 Å². The van der Waals surface area contributed by atoms with Crippen LogP contribution in [0.2, 0.25) is 0 Å². The molecule has 2 rings (SSSR count). The quantitative estimate of drug-likeness (QED) is 0.408. The number of nitro benzene ring substituents is 1. The highest BCUT2D eigenvalue weighted by atomic mass is 32.2. The number of hydrogen-bond acceptors (Lipinski definition) is 5. The molecule has 0 bridgehead atoms. The summed E-state index contributed by atoms with van der Waals surface area (Å²) in [6.45, 7) is 3.38. The first kappa shape index (κ1) is 16.1. The molecule has 1 aromatic carbocycles. The molecule has 1 aliphatic rings. The molecule has 6 heteroatoms. The van der Waals surface area contributed by atoms with Crippen molar-refractivity contribution < 1.29 is 9.66 Å². The monoisotopic (exact) mass is 310 g/mol. The van der Waals surface area contributed by atoms with Gasteiger partial charge >= 0.3 is 5.69 Å². The molecule has 0 spiro atoms. The van der Waals surface area contributed by atoms with E-state index in [0.29, 0.717) is 18.4 Å². The molecular formula is C15H22N2O3S. The van der Waals surface area contributed by atoms with Gasteiger partial charge in [0.15, 0.2) is 5.75 Å². The Labute approximate surface area is 129 Å². The van der Waals surface area contributed by atoms with Crippen molar-refractivity contribution in [1.29, 1.82) is 0 Å². The van der Waals surface area contributed by atoms with E-state index in [1.54, 1.807) is 18.2 Å². The van der Waals surface area contributed by atoms with E-state index in [2.05, 4.69) is 12.2 Å². The zero-order chi connectivity index (χ0) is 15.1. The Morgan fingerprint density at radius 1 is 1.48 bits per heavy atom. The third-order valence-corrected chi connectivity index (χ3v) is 4.27. The van der Waals surface area contributed by atoms with E-state index in [4.69, 9.17) is 4.74 Å². The van der Waals surface area contributed by atoms with Gasteiger partial charge in [-0.15, -0.1) is 0 Å². The lowest BCUT2D eigenvalue weighted by molar-refractivity contribution is -0.385. The van der Waals surface area contributed by atoms with Gasteiger partial charge < -0.3 is 10.1 Å². The van der Waals surface area contributed by atoms with Crippen molar-refractivity contribution in [3.05, 3.63) is 33.9 Å². The second-order valence-electron chi connectivity index (χ2n) is 5.11. The second-order valence-corrected chi connectivity index (χ2v) is 6.51. The minimum absolute atomic E-state index is 0.0494. The average molecular weight is 310 g/mol. The Morgan fingerprint density at radius 2 is 2.29 bits per heavy atom. The van der Waals surface area contributed by atoms with Gasteiger partial charge in [-0.05, 0) is 42.4 Å².